The van der Waals surface area contributed by atoms with Gasteiger partial charge in [0.05, 0.1) is 7.11 Å². The quantitative estimate of drug-likeness (QED) is 0.784. The number of carboxylic acids is 1. The molecule has 0 bridgehead atoms. The number of thioether (sulfide) groups is 1. The summed E-state index contributed by atoms with van der Waals surface area (Å²) < 4.78 is 10.5. The fourth-order valence-electron chi connectivity index (χ4n) is 2.85. The van der Waals surface area contributed by atoms with Gasteiger partial charge in [0, 0.05) is 5.75 Å². The number of amides is 1. The molecule has 0 aliphatic carbocycles. The van der Waals surface area contributed by atoms with Crippen LogP contribution in [0.3, 0.4) is 0 Å². The maximum Gasteiger partial charge on any atom is 0.327 e. The van der Waals surface area contributed by atoms with E-state index < -0.39 is 23.3 Å². The number of carboxylic acid groups (broad SMARTS) is 1. The molecule has 8 heteroatoms. The second-order valence-electron chi connectivity index (χ2n) is 5.87. The van der Waals surface area contributed by atoms with Crippen LogP contribution in [0.15, 0.2) is 48.5 Å². The maximum absolute atomic E-state index is 12.8. The van der Waals surface area contributed by atoms with Crippen molar-refractivity contribution >= 4 is 23.6 Å². The summed E-state index contributed by atoms with van der Waals surface area (Å²) in [6.07, 6.45) is 0. The molecule has 1 fully saturated rings. The number of aromatic hydroxyl groups is 1. The SMILES string of the molecule is COc1ccc(C2SCC(C(=O)O)N2C(=O)COc2ccccc2)cc1O. The second kappa shape index (κ2) is 8.22. The van der Waals surface area contributed by atoms with Crippen LogP contribution in [-0.4, -0.2) is 52.5 Å². The molecule has 3 rings (SSSR count). The number of aliphatic carboxylic acids is 1. The van der Waals surface area contributed by atoms with Gasteiger partial charge in [-0.1, -0.05) is 24.3 Å². The van der Waals surface area contributed by atoms with Crippen molar-refractivity contribution in [3.8, 4) is 17.2 Å². The van der Waals surface area contributed by atoms with Crippen LogP contribution in [0.5, 0.6) is 17.2 Å². The van der Waals surface area contributed by atoms with E-state index in [1.54, 1.807) is 36.4 Å². The summed E-state index contributed by atoms with van der Waals surface area (Å²) in [6, 6.07) is 12.7. The van der Waals surface area contributed by atoms with Crippen molar-refractivity contribution in [3.05, 3.63) is 54.1 Å². The Hall–Kier alpha value is -2.87. The summed E-state index contributed by atoms with van der Waals surface area (Å²) in [6.45, 7) is -0.271. The molecule has 2 N–H and O–H groups in total. The summed E-state index contributed by atoms with van der Waals surface area (Å²) in [5.41, 5.74) is 0.620. The lowest BCUT2D eigenvalue weighted by Crippen LogP contribution is -2.45. The molecule has 142 valence electrons. The summed E-state index contributed by atoms with van der Waals surface area (Å²) in [5, 5.41) is 19.0. The average molecular weight is 389 g/mol. The number of hydrogen-bond donors (Lipinski definition) is 2. The maximum atomic E-state index is 12.8. The van der Waals surface area contributed by atoms with Gasteiger partial charge in [0.25, 0.3) is 5.91 Å². The number of rotatable bonds is 6. The van der Waals surface area contributed by atoms with Gasteiger partial charge in [-0.3, -0.25) is 4.79 Å². The number of nitrogens with zero attached hydrogens (tertiary/aromatic N) is 1. The largest absolute Gasteiger partial charge is 0.504 e. The van der Waals surface area contributed by atoms with Crippen LogP contribution >= 0.6 is 11.8 Å². The highest BCUT2D eigenvalue weighted by molar-refractivity contribution is 7.99. The van der Waals surface area contributed by atoms with E-state index in [2.05, 4.69) is 0 Å². The van der Waals surface area contributed by atoms with E-state index in [-0.39, 0.29) is 18.1 Å². The van der Waals surface area contributed by atoms with Gasteiger partial charge in [-0.25, -0.2) is 4.79 Å². The number of ether oxygens (including phenoxy) is 2. The van der Waals surface area contributed by atoms with Crippen molar-refractivity contribution < 1.29 is 29.3 Å². The van der Waals surface area contributed by atoms with E-state index in [9.17, 15) is 19.8 Å². The van der Waals surface area contributed by atoms with Gasteiger partial charge in [-0.15, -0.1) is 11.8 Å². The van der Waals surface area contributed by atoms with Crippen molar-refractivity contribution in [2.75, 3.05) is 19.5 Å². The van der Waals surface area contributed by atoms with E-state index in [0.29, 0.717) is 17.1 Å². The summed E-state index contributed by atoms with van der Waals surface area (Å²) in [4.78, 5) is 25.7. The predicted octanol–water partition coefficient (Wildman–Crippen LogP) is 2.51. The highest BCUT2D eigenvalue weighted by Gasteiger charge is 2.42. The molecule has 0 spiro atoms. The van der Waals surface area contributed by atoms with E-state index in [0.717, 1.165) is 0 Å². The third kappa shape index (κ3) is 4.11. The van der Waals surface area contributed by atoms with Crippen LogP contribution in [0, 0.1) is 0 Å². The molecule has 2 aromatic carbocycles. The number of benzene rings is 2. The molecule has 1 heterocycles. The number of carbonyl (C=O) groups is 2. The number of phenols is 1. The van der Waals surface area contributed by atoms with Gasteiger partial charge >= 0.3 is 5.97 Å². The van der Waals surface area contributed by atoms with Gasteiger partial charge in [-0.2, -0.15) is 0 Å². The molecule has 2 aromatic rings. The number of para-hydroxylation sites is 1. The number of phenolic OH excluding ortho intramolecular Hbond substituents is 1. The minimum absolute atomic E-state index is 0.0673. The molecular weight excluding hydrogens is 370 g/mol. The number of methoxy groups -OCH3 is 1. The minimum atomic E-state index is -1.07. The van der Waals surface area contributed by atoms with Crippen LogP contribution in [0.4, 0.5) is 0 Å². The molecule has 0 saturated carbocycles. The van der Waals surface area contributed by atoms with E-state index >= 15 is 0 Å². The van der Waals surface area contributed by atoms with Crippen LogP contribution < -0.4 is 9.47 Å². The normalized spacial score (nSPS) is 18.9. The molecule has 0 radical (unpaired) electrons. The van der Waals surface area contributed by atoms with Crippen molar-refractivity contribution in [2.24, 2.45) is 0 Å². The Labute approximate surface area is 160 Å². The summed E-state index contributed by atoms with van der Waals surface area (Å²) >= 11 is 1.33. The Bertz CT molecular complexity index is 828. The van der Waals surface area contributed by atoms with Crippen molar-refractivity contribution in [1.29, 1.82) is 0 Å². The monoisotopic (exact) mass is 389 g/mol. The zero-order valence-electron chi connectivity index (χ0n) is 14.6. The second-order valence-corrected chi connectivity index (χ2v) is 6.99. The van der Waals surface area contributed by atoms with Crippen LogP contribution in [0.1, 0.15) is 10.9 Å². The molecule has 1 saturated heterocycles. The molecule has 2 unspecified atom stereocenters. The Balaban J connectivity index is 1.81. The van der Waals surface area contributed by atoms with Gasteiger partial charge in [0.15, 0.2) is 18.1 Å². The van der Waals surface area contributed by atoms with Crippen LogP contribution in [0.25, 0.3) is 0 Å². The summed E-state index contributed by atoms with van der Waals surface area (Å²) in [7, 11) is 1.44. The first-order chi connectivity index (χ1) is 13.0. The first kappa shape index (κ1) is 18.9. The van der Waals surface area contributed by atoms with Gasteiger partial charge in [0.2, 0.25) is 0 Å². The van der Waals surface area contributed by atoms with Crippen LogP contribution in [0.2, 0.25) is 0 Å². The predicted molar refractivity (Wildman–Crippen MR) is 100 cm³/mol. The minimum Gasteiger partial charge on any atom is -0.504 e. The van der Waals surface area contributed by atoms with Crippen molar-refractivity contribution in [1.82, 2.24) is 4.90 Å². The van der Waals surface area contributed by atoms with Gasteiger partial charge < -0.3 is 24.6 Å². The summed E-state index contributed by atoms with van der Waals surface area (Å²) in [5.74, 6) is -0.483. The van der Waals surface area contributed by atoms with Crippen LogP contribution in [-0.2, 0) is 9.59 Å². The Morgan fingerprint density at radius 3 is 2.59 bits per heavy atom. The van der Waals surface area contributed by atoms with Gasteiger partial charge in [0.1, 0.15) is 17.2 Å². The third-order valence-electron chi connectivity index (χ3n) is 4.17. The fourth-order valence-corrected chi connectivity index (χ4v) is 4.29. The standard InChI is InChI=1S/C19H19NO6S/c1-25-16-8-7-12(9-15(16)21)18-20(14(11-27-18)19(23)24)17(22)10-26-13-5-3-2-4-6-13/h2-9,14,18,21H,10-11H2,1H3,(H,23,24). The lowest BCUT2D eigenvalue weighted by molar-refractivity contribution is -0.150. The van der Waals surface area contributed by atoms with Crippen molar-refractivity contribution in [2.45, 2.75) is 11.4 Å². The van der Waals surface area contributed by atoms with E-state index in [1.807, 2.05) is 6.07 Å². The first-order valence-corrected chi connectivity index (χ1v) is 9.26. The zero-order chi connectivity index (χ0) is 19.4. The molecule has 0 aromatic heterocycles. The fraction of sp³-hybridized carbons (Fsp3) is 0.263. The molecule has 27 heavy (non-hydrogen) atoms. The Morgan fingerprint density at radius 2 is 1.96 bits per heavy atom. The average Bonchev–Trinajstić information content (AvgIpc) is 3.12. The van der Waals surface area contributed by atoms with E-state index in [1.165, 1.54) is 29.8 Å². The molecule has 1 amide bonds. The topological polar surface area (TPSA) is 96.3 Å². The first-order valence-electron chi connectivity index (χ1n) is 8.21. The van der Waals surface area contributed by atoms with Crippen molar-refractivity contribution in [3.63, 3.8) is 0 Å². The molecule has 1 aliphatic rings. The highest BCUT2D eigenvalue weighted by Crippen LogP contribution is 2.43. The number of carbonyl (C=O) groups excluding carboxylic acids is 1. The third-order valence-corrected chi connectivity index (χ3v) is 5.49. The molecule has 7 nitrogen and oxygen atoms in total. The Morgan fingerprint density at radius 1 is 1.22 bits per heavy atom. The zero-order valence-corrected chi connectivity index (χ0v) is 15.4. The lowest BCUT2D eigenvalue weighted by Gasteiger charge is -2.27. The van der Waals surface area contributed by atoms with E-state index in [4.69, 9.17) is 9.47 Å². The Kier molecular flexibility index (Phi) is 5.75. The molecular formula is C19H19NO6S. The van der Waals surface area contributed by atoms with Gasteiger partial charge in [-0.05, 0) is 29.8 Å². The smallest absolute Gasteiger partial charge is 0.327 e. The lowest BCUT2D eigenvalue weighted by atomic mass is 10.1. The highest BCUT2D eigenvalue weighted by atomic mass is 32.2. The molecule has 1 aliphatic heterocycles. The molecule has 2 atom stereocenters. The number of hydrogen-bond acceptors (Lipinski definition) is 6.